The Hall–Kier alpha value is -2.18. The number of ether oxygens (including phenoxy) is 1. The molecule has 0 aliphatic carbocycles. The van der Waals surface area contributed by atoms with Gasteiger partial charge < -0.3 is 15.5 Å². The second-order valence-corrected chi connectivity index (χ2v) is 5.30. The second-order valence-electron chi connectivity index (χ2n) is 5.30. The minimum absolute atomic E-state index is 0. The van der Waals surface area contributed by atoms with Crippen LogP contribution in [-0.2, 0) is 0 Å². The smallest absolute Gasteiger partial charge is 0.406 e. The minimum atomic E-state index is -4.70. The quantitative estimate of drug-likeness (QED) is 0.705. The predicted molar refractivity (Wildman–Crippen MR) is 89.4 cm³/mol. The van der Waals surface area contributed by atoms with Crippen molar-refractivity contribution < 1.29 is 17.9 Å². The molecule has 0 unspecified atom stereocenters. The van der Waals surface area contributed by atoms with Crippen LogP contribution < -0.4 is 10.5 Å². The number of hydrogen-bond donors (Lipinski definition) is 2. The SMILES string of the molecule is Cc1[nH]c2ccccc2c1[C@H](N)c1ccc(OC(F)(F)F)cc1.Cl. The Morgan fingerprint density at radius 3 is 2.29 bits per heavy atom. The molecule has 0 bridgehead atoms. The molecule has 0 fully saturated rings. The number of H-pyrrole nitrogens is 1. The van der Waals surface area contributed by atoms with E-state index in [1.807, 2.05) is 31.2 Å². The predicted octanol–water partition coefficient (Wildman–Crippen LogP) is 4.84. The molecule has 3 rings (SSSR count). The van der Waals surface area contributed by atoms with E-state index in [9.17, 15) is 13.2 Å². The molecule has 0 radical (unpaired) electrons. The van der Waals surface area contributed by atoms with E-state index >= 15 is 0 Å². The van der Waals surface area contributed by atoms with Crippen LogP contribution in [0.3, 0.4) is 0 Å². The lowest BCUT2D eigenvalue weighted by molar-refractivity contribution is -0.274. The molecule has 3 nitrogen and oxygen atoms in total. The van der Waals surface area contributed by atoms with Gasteiger partial charge in [0, 0.05) is 22.2 Å². The molecule has 2 aromatic carbocycles. The van der Waals surface area contributed by atoms with Crippen molar-refractivity contribution in [2.24, 2.45) is 5.73 Å². The average Bonchev–Trinajstić information content (AvgIpc) is 2.81. The number of aryl methyl sites for hydroxylation is 1. The van der Waals surface area contributed by atoms with Crippen LogP contribution in [0.1, 0.15) is 22.9 Å². The van der Waals surface area contributed by atoms with Crippen LogP contribution in [0.4, 0.5) is 13.2 Å². The Morgan fingerprint density at radius 1 is 1.04 bits per heavy atom. The minimum Gasteiger partial charge on any atom is -0.406 e. The normalized spacial score (nSPS) is 12.7. The van der Waals surface area contributed by atoms with Crippen LogP contribution in [0.15, 0.2) is 48.5 Å². The summed E-state index contributed by atoms with van der Waals surface area (Å²) in [5, 5.41) is 1.01. The molecule has 0 saturated carbocycles. The fourth-order valence-electron chi connectivity index (χ4n) is 2.74. The summed E-state index contributed by atoms with van der Waals surface area (Å²) in [7, 11) is 0. The maximum Gasteiger partial charge on any atom is 0.573 e. The standard InChI is InChI=1S/C17H15F3N2O.ClH/c1-10-15(13-4-2-3-5-14(13)22-10)16(21)11-6-8-12(9-7-11)23-17(18,19)20;/h2-9,16,22H,21H2,1H3;1H/t16-;/m1./s1. The lowest BCUT2D eigenvalue weighted by atomic mass is 9.97. The van der Waals surface area contributed by atoms with Crippen LogP contribution in [0.25, 0.3) is 10.9 Å². The third-order valence-corrected chi connectivity index (χ3v) is 3.73. The first kappa shape index (κ1) is 18.2. The van der Waals surface area contributed by atoms with Gasteiger partial charge in [-0.05, 0) is 30.7 Å². The van der Waals surface area contributed by atoms with Gasteiger partial charge in [-0.1, -0.05) is 30.3 Å². The molecular formula is C17H16ClF3N2O. The highest BCUT2D eigenvalue weighted by molar-refractivity contribution is 5.86. The Bertz CT molecular complexity index is 828. The monoisotopic (exact) mass is 356 g/mol. The van der Waals surface area contributed by atoms with Gasteiger partial charge in [-0.3, -0.25) is 0 Å². The molecule has 3 N–H and O–H groups in total. The van der Waals surface area contributed by atoms with Gasteiger partial charge in [-0.15, -0.1) is 25.6 Å². The zero-order chi connectivity index (χ0) is 16.6. The topological polar surface area (TPSA) is 51.0 Å². The Kier molecular flexibility index (Phi) is 5.11. The summed E-state index contributed by atoms with van der Waals surface area (Å²) in [5.74, 6) is -0.260. The van der Waals surface area contributed by atoms with E-state index in [2.05, 4.69) is 9.72 Å². The zero-order valence-corrected chi connectivity index (χ0v) is 13.5. The summed E-state index contributed by atoms with van der Waals surface area (Å²) < 4.78 is 40.5. The van der Waals surface area contributed by atoms with Crippen LogP contribution in [0.2, 0.25) is 0 Å². The van der Waals surface area contributed by atoms with Gasteiger partial charge in [0.05, 0.1) is 6.04 Å². The van der Waals surface area contributed by atoms with E-state index in [0.29, 0.717) is 5.56 Å². The van der Waals surface area contributed by atoms with Crippen molar-refractivity contribution in [3.8, 4) is 5.75 Å². The number of nitrogens with one attached hydrogen (secondary N) is 1. The largest absolute Gasteiger partial charge is 0.573 e. The summed E-state index contributed by atoms with van der Waals surface area (Å²) in [5.41, 5.74) is 9.89. The van der Waals surface area contributed by atoms with Crippen molar-refractivity contribution in [2.75, 3.05) is 0 Å². The molecule has 3 aromatic rings. The number of para-hydroxylation sites is 1. The van der Waals surface area contributed by atoms with Crippen molar-refractivity contribution in [2.45, 2.75) is 19.3 Å². The molecule has 1 heterocycles. The van der Waals surface area contributed by atoms with E-state index in [1.54, 1.807) is 12.1 Å². The molecule has 0 aliphatic rings. The molecular weight excluding hydrogens is 341 g/mol. The Balaban J connectivity index is 0.00000208. The average molecular weight is 357 g/mol. The molecule has 24 heavy (non-hydrogen) atoms. The molecule has 0 saturated heterocycles. The molecule has 1 atom stereocenters. The van der Waals surface area contributed by atoms with E-state index < -0.39 is 12.4 Å². The van der Waals surface area contributed by atoms with E-state index in [0.717, 1.165) is 22.2 Å². The first-order valence-corrected chi connectivity index (χ1v) is 7.03. The molecule has 128 valence electrons. The summed E-state index contributed by atoms with van der Waals surface area (Å²) in [6.07, 6.45) is -4.70. The van der Waals surface area contributed by atoms with Crippen molar-refractivity contribution in [1.82, 2.24) is 4.98 Å². The summed E-state index contributed by atoms with van der Waals surface area (Å²) in [6, 6.07) is 13.0. The molecule has 0 aliphatic heterocycles. The van der Waals surface area contributed by atoms with Gasteiger partial charge in [-0.25, -0.2) is 0 Å². The maximum atomic E-state index is 12.2. The van der Waals surface area contributed by atoms with Crippen molar-refractivity contribution >= 4 is 23.3 Å². The highest BCUT2D eigenvalue weighted by Gasteiger charge is 2.31. The van der Waals surface area contributed by atoms with Gasteiger partial charge in [-0.2, -0.15) is 0 Å². The van der Waals surface area contributed by atoms with Gasteiger partial charge in [0.2, 0.25) is 0 Å². The maximum absolute atomic E-state index is 12.2. The number of hydrogen-bond acceptors (Lipinski definition) is 2. The summed E-state index contributed by atoms with van der Waals surface area (Å²) >= 11 is 0. The Morgan fingerprint density at radius 2 is 1.67 bits per heavy atom. The number of aromatic nitrogens is 1. The van der Waals surface area contributed by atoms with Crippen molar-refractivity contribution in [3.63, 3.8) is 0 Å². The third kappa shape index (κ3) is 3.66. The number of rotatable bonds is 3. The first-order chi connectivity index (χ1) is 10.8. The van der Waals surface area contributed by atoms with Gasteiger partial charge in [0.15, 0.2) is 0 Å². The van der Waals surface area contributed by atoms with Crippen LogP contribution in [-0.4, -0.2) is 11.3 Å². The molecule has 1 aromatic heterocycles. The van der Waals surface area contributed by atoms with Crippen molar-refractivity contribution in [1.29, 1.82) is 0 Å². The Labute approximate surface area is 143 Å². The first-order valence-electron chi connectivity index (χ1n) is 7.03. The fraction of sp³-hybridized carbons (Fsp3) is 0.176. The molecule has 0 amide bonds. The number of halogens is 4. The van der Waals surface area contributed by atoms with Gasteiger partial charge in [0.1, 0.15) is 5.75 Å². The lowest BCUT2D eigenvalue weighted by Gasteiger charge is -2.14. The van der Waals surface area contributed by atoms with Gasteiger partial charge in [0.25, 0.3) is 0 Å². The molecule has 0 spiro atoms. The summed E-state index contributed by atoms with van der Waals surface area (Å²) in [6.45, 7) is 1.93. The fourth-order valence-corrected chi connectivity index (χ4v) is 2.74. The molecule has 7 heteroatoms. The van der Waals surface area contributed by atoms with Crippen molar-refractivity contribution in [3.05, 3.63) is 65.4 Å². The van der Waals surface area contributed by atoms with E-state index in [4.69, 9.17) is 5.73 Å². The van der Waals surface area contributed by atoms with E-state index in [-0.39, 0.29) is 18.2 Å². The number of fused-ring (bicyclic) bond motifs is 1. The third-order valence-electron chi connectivity index (χ3n) is 3.73. The number of benzene rings is 2. The van der Waals surface area contributed by atoms with Crippen LogP contribution in [0.5, 0.6) is 5.75 Å². The highest BCUT2D eigenvalue weighted by Crippen LogP contribution is 2.31. The van der Waals surface area contributed by atoms with Crippen LogP contribution >= 0.6 is 12.4 Å². The number of aromatic amines is 1. The highest BCUT2D eigenvalue weighted by atomic mass is 35.5. The number of nitrogens with two attached hydrogens (primary N) is 1. The number of alkyl halides is 3. The zero-order valence-electron chi connectivity index (χ0n) is 12.7. The van der Waals surface area contributed by atoms with E-state index in [1.165, 1.54) is 12.1 Å². The van der Waals surface area contributed by atoms with Gasteiger partial charge >= 0.3 is 6.36 Å². The summed E-state index contributed by atoms with van der Waals surface area (Å²) in [4.78, 5) is 3.27. The lowest BCUT2D eigenvalue weighted by Crippen LogP contribution is -2.17. The van der Waals surface area contributed by atoms with Crippen LogP contribution in [0, 0.1) is 6.92 Å². The second kappa shape index (κ2) is 6.75.